The fourth-order valence-electron chi connectivity index (χ4n) is 3.29. The molecule has 2 aromatic carbocycles. The van der Waals surface area contributed by atoms with Gasteiger partial charge in [-0.3, -0.25) is 13.9 Å². The molecule has 0 aliphatic rings. The number of amides is 2. The topological polar surface area (TPSA) is 86.8 Å². The SMILES string of the molecule is Cc1cc(N(CC(=O)N(Cc2ccc(Cl)c(Cl)c2)[C@@H](C)C(=O)NC(C)(C)C)S(C)(=O)=O)ccc1Br. The third-order valence-corrected chi connectivity index (χ3v) is 7.88. The minimum atomic E-state index is -3.80. The Morgan fingerprint density at radius 1 is 1.09 bits per heavy atom. The quantitative estimate of drug-likeness (QED) is 0.449. The van der Waals surface area contributed by atoms with Crippen LogP contribution in [0.3, 0.4) is 0 Å². The lowest BCUT2D eigenvalue weighted by Gasteiger charge is -2.33. The van der Waals surface area contributed by atoms with Crippen LogP contribution in [0.2, 0.25) is 10.0 Å². The summed E-state index contributed by atoms with van der Waals surface area (Å²) >= 11 is 15.6. The van der Waals surface area contributed by atoms with Crippen molar-refractivity contribution in [3.05, 3.63) is 62.0 Å². The number of hydrogen-bond acceptors (Lipinski definition) is 4. The lowest BCUT2D eigenvalue weighted by Crippen LogP contribution is -2.54. The lowest BCUT2D eigenvalue weighted by molar-refractivity contribution is -0.140. The zero-order valence-corrected chi connectivity index (χ0v) is 24.4. The van der Waals surface area contributed by atoms with Gasteiger partial charge in [0.1, 0.15) is 12.6 Å². The van der Waals surface area contributed by atoms with E-state index in [2.05, 4.69) is 21.2 Å². The van der Waals surface area contributed by atoms with Crippen molar-refractivity contribution in [2.45, 2.75) is 52.7 Å². The van der Waals surface area contributed by atoms with Crippen molar-refractivity contribution in [3.63, 3.8) is 0 Å². The summed E-state index contributed by atoms with van der Waals surface area (Å²) in [5.41, 5.74) is 1.29. The molecule has 2 rings (SSSR count). The number of anilines is 1. The molecular weight excluding hydrogens is 577 g/mol. The molecule has 192 valence electrons. The van der Waals surface area contributed by atoms with Crippen LogP contribution in [0.15, 0.2) is 40.9 Å². The number of aryl methyl sites for hydroxylation is 1. The molecule has 0 saturated carbocycles. The number of carbonyl (C=O) groups excluding carboxylic acids is 2. The van der Waals surface area contributed by atoms with Gasteiger partial charge in [-0.1, -0.05) is 45.2 Å². The van der Waals surface area contributed by atoms with Gasteiger partial charge in [-0.25, -0.2) is 8.42 Å². The summed E-state index contributed by atoms with van der Waals surface area (Å²) < 4.78 is 27.1. The molecule has 0 aliphatic heterocycles. The first-order chi connectivity index (χ1) is 16.0. The molecule has 0 spiro atoms. The van der Waals surface area contributed by atoms with Crippen LogP contribution < -0.4 is 9.62 Å². The zero-order valence-electron chi connectivity index (χ0n) is 20.5. The van der Waals surface area contributed by atoms with Crippen LogP contribution in [0, 0.1) is 6.92 Å². The molecular formula is C24H30BrCl2N3O4S. The Hall–Kier alpha value is -1.81. The molecule has 1 atom stereocenters. The first-order valence-electron chi connectivity index (χ1n) is 10.8. The zero-order chi connectivity index (χ0) is 26.7. The average molecular weight is 607 g/mol. The maximum Gasteiger partial charge on any atom is 0.244 e. The number of halogens is 3. The number of sulfonamides is 1. The Kier molecular flexibility index (Phi) is 9.66. The second-order valence-electron chi connectivity index (χ2n) is 9.39. The predicted molar refractivity (Wildman–Crippen MR) is 145 cm³/mol. The Labute approximate surface area is 225 Å². The third-order valence-electron chi connectivity index (χ3n) is 5.11. The van der Waals surface area contributed by atoms with E-state index in [0.29, 0.717) is 21.3 Å². The fraction of sp³-hybridized carbons (Fsp3) is 0.417. The maximum atomic E-state index is 13.6. The van der Waals surface area contributed by atoms with Crippen LogP contribution in [-0.2, 0) is 26.2 Å². The van der Waals surface area contributed by atoms with Crippen molar-refractivity contribution in [2.75, 3.05) is 17.1 Å². The molecule has 0 aromatic heterocycles. The second-order valence-corrected chi connectivity index (χ2v) is 13.0. The molecule has 0 fully saturated rings. The number of nitrogens with one attached hydrogen (secondary N) is 1. The van der Waals surface area contributed by atoms with Gasteiger partial charge in [-0.2, -0.15) is 0 Å². The minimum Gasteiger partial charge on any atom is -0.350 e. The highest BCUT2D eigenvalue weighted by molar-refractivity contribution is 9.10. The maximum absolute atomic E-state index is 13.6. The van der Waals surface area contributed by atoms with Crippen molar-refractivity contribution in [3.8, 4) is 0 Å². The Morgan fingerprint density at radius 3 is 2.23 bits per heavy atom. The molecule has 1 N–H and O–H groups in total. The number of benzene rings is 2. The van der Waals surface area contributed by atoms with Gasteiger partial charge in [0.25, 0.3) is 0 Å². The van der Waals surface area contributed by atoms with Gasteiger partial charge in [0.05, 0.1) is 22.0 Å². The minimum absolute atomic E-state index is 0.0332. The summed E-state index contributed by atoms with van der Waals surface area (Å²) in [6.45, 7) is 8.49. The number of nitrogens with zero attached hydrogens (tertiary/aromatic N) is 2. The molecule has 7 nitrogen and oxygen atoms in total. The average Bonchev–Trinajstić information content (AvgIpc) is 2.72. The van der Waals surface area contributed by atoms with E-state index in [4.69, 9.17) is 23.2 Å². The van der Waals surface area contributed by atoms with E-state index in [0.717, 1.165) is 20.6 Å². The summed E-state index contributed by atoms with van der Waals surface area (Å²) in [7, 11) is -3.80. The van der Waals surface area contributed by atoms with Crippen LogP contribution in [0.1, 0.15) is 38.8 Å². The first kappa shape index (κ1) is 29.4. The number of hydrogen-bond donors (Lipinski definition) is 1. The van der Waals surface area contributed by atoms with Crippen molar-refractivity contribution < 1.29 is 18.0 Å². The Morgan fingerprint density at radius 2 is 1.71 bits per heavy atom. The van der Waals surface area contributed by atoms with E-state index >= 15 is 0 Å². The monoisotopic (exact) mass is 605 g/mol. The van der Waals surface area contributed by atoms with Crippen LogP contribution in [0.5, 0.6) is 0 Å². The van der Waals surface area contributed by atoms with E-state index in [1.165, 1.54) is 4.90 Å². The highest BCUT2D eigenvalue weighted by atomic mass is 79.9. The smallest absolute Gasteiger partial charge is 0.244 e. The summed E-state index contributed by atoms with van der Waals surface area (Å²) in [6, 6.07) is 9.06. The van der Waals surface area contributed by atoms with E-state index in [9.17, 15) is 18.0 Å². The van der Waals surface area contributed by atoms with Crippen LogP contribution in [0.25, 0.3) is 0 Å². The highest BCUT2D eigenvalue weighted by Gasteiger charge is 2.31. The van der Waals surface area contributed by atoms with Crippen LogP contribution in [0.4, 0.5) is 5.69 Å². The van der Waals surface area contributed by atoms with Crippen molar-refractivity contribution in [1.29, 1.82) is 0 Å². The summed E-state index contributed by atoms with van der Waals surface area (Å²) in [6.07, 6.45) is 1.04. The second kappa shape index (κ2) is 11.5. The van der Waals surface area contributed by atoms with Crippen LogP contribution >= 0.6 is 39.1 Å². The van der Waals surface area contributed by atoms with Gasteiger partial charge >= 0.3 is 0 Å². The number of carbonyl (C=O) groups is 2. The van der Waals surface area contributed by atoms with E-state index in [1.807, 2.05) is 27.7 Å². The largest absolute Gasteiger partial charge is 0.350 e. The van der Waals surface area contributed by atoms with Crippen LogP contribution in [-0.4, -0.2) is 49.5 Å². The van der Waals surface area contributed by atoms with E-state index < -0.39 is 34.1 Å². The molecule has 0 radical (unpaired) electrons. The molecule has 0 bridgehead atoms. The van der Waals surface area contributed by atoms with Gasteiger partial charge in [-0.15, -0.1) is 0 Å². The lowest BCUT2D eigenvalue weighted by atomic mass is 10.1. The van der Waals surface area contributed by atoms with Gasteiger partial charge < -0.3 is 10.2 Å². The van der Waals surface area contributed by atoms with Gasteiger partial charge in [0, 0.05) is 16.6 Å². The molecule has 2 aromatic rings. The van der Waals surface area contributed by atoms with E-state index in [1.54, 1.807) is 43.3 Å². The Balaban J connectivity index is 2.45. The third kappa shape index (κ3) is 8.37. The summed E-state index contributed by atoms with van der Waals surface area (Å²) in [5, 5.41) is 3.55. The van der Waals surface area contributed by atoms with Crippen molar-refractivity contribution in [2.24, 2.45) is 0 Å². The first-order valence-corrected chi connectivity index (χ1v) is 14.2. The molecule has 0 heterocycles. The van der Waals surface area contributed by atoms with Crippen molar-refractivity contribution >= 4 is 66.7 Å². The number of rotatable bonds is 8. The van der Waals surface area contributed by atoms with Crippen molar-refractivity contribution in [1.82, 2.24) is 10.2 Å². The molecule has 11 heteroatoms. The van der Waals surface area contributed by atoms with E-state index in [-0.39, 0.29) is 12.5 Å². The van der Waals surface area contributed by atoms with Gasteiger partial charge in [0.15, 0.2) is 0 Å². The fourth-order valence-corrected chi connectivity index (χ4v) is 4.70. The Bertz CT molecular complexity index is 1220. The summed E-state index contributed by atoms with van der Waals surface area (Å²) in [5.74, 6) is -0.907. The molecule has 0 aliphatic carbocycles. The molecule has 0 unspecified atom stereocenters. The molecule has 0 saturated heterocycles. The standard InChI is InChI=1S/C24H30BrCl2N3O4S/c1-15-11-18(8-9-19(15)25)30(35(6,33)34)14-22(31)29(16(2)23(32)28-24(3,4)5)13-17-7-10-20(26)21(27)12-17/h7-12,16H,13-14H2,1-6H3,(H,28,32)/t16-/m0/s1. The van der Waals surface area contributed by atoms with Gasteiger partial charge in [0.2, 0.25) is 21.8 Å². The van der Waals surface area contributed by atoms with Gasteiger partial charge in [-0.05, 0) is 76.1 Å². The normalized spacial score (nSPS) is 12.7. The summed E-state index contributed by atoms with van der Waals surface area (Å²) in [4.78, 5) is 27.9. The predicted octanol–water partition coefficient (Wildman–Crippen LogP) is 5.16. The molecule has 2 amide bonds. The highest BCUT2D eigenvalue weighted by Crippen LogP contribution is 2.26. The molecule has 35 heavy (non-hydrogen) atoms.